The molecular formula is C18H18N2O5. The first-order chi connectivity index (χ1) is 12.1. The third-order valence-electron chi connectivity index (χ3n) is 3.82. The van der Waals surface area contributed by atoms with Crippen molar-refractivity contribution in [1.82, 2.24) is 10.3 Å². The van der Waals surface area contributed by atoms with Crippen molar-refractivity contribution in [2.24, 2.45) is 0 Å². The highest BCUT2D eigenvalue weighted by atomic mass is 16.5. The van der Waals surface area contributed by atoms with Crippen molar-refractivity contribution in [3.8, 4) is 0 Å². The standard InChI is InChI=1S/C18H18N2O5/c1-11(18-20-13-5-3-4-6-14(13)25-18)10-19-17(22)12-7-8-24-15(12)9-16(21)23-2/h3-8,11H,9-10H2,1-2H3,(H,19,22). The molecule has 1 amide bonds. The van der Waals surface area contributed by atoms with Crippen LogP contribution in [0.4, 0.5) is 0 Å². The molecule has 7 heteroatoms. The molecule has 0 saturated carbocycles. The van der Waals surface area contributed by atoms with Crippen LogP contribution in [0.5, 0.6) is 0 Å². The lowest BCUT2D eigenvalue weighted by Gasteiger charge is -2.09. The predicted molar refractivity (Wildman–Crippen MR) is 89.2 cm³/mol. The smallest absolute Gasteiger partial charge is 0.313 e. The molecular weight excluding hydrogens is 324 g/mol. The summed E-state index contributed by atoms with van der Waals surface area (Å²) >= 11 is 0. The number of nitrogens with one attached hydrogen (secondary N) is 1. The van der Waals surface area contributed by atoms with Crippen LogP contribution >= 0.6 is 0 Å². The number of oxazole rings is 1. The van der Waals surface area contributed by atoms with Crippen LogP contribution in [0, 0.1) is 0 Å². The Labute approximate surface area is 144 Å². The maximum Gasteiger partial charge on any atom is 0.313 e. The lowest BCUT2D eigenvalue weighted by atomic mass is 10.1. The number of amides is 1. The minimum Gasteiger partial charge on any atom is -0.469 e. The van der Waals surface area contributed by atoms with Gasteiger partial charge < -0.3 is 18.9 Å². The highest BCUT2D eigenvalue weighted by molar-refractivity contribution is 5.96. The second-order valence-electron chi connectivity index (χ2n) is 5.64. The molecule has 130 valence electrons. The fraction of sp³-hybridized carbons (Fsp3) is 0.278. The average molecular weight is 342 g/mol. The van der Waals surface area contributed by atoms with Gasteiger partial charge in [-0.15, -0.1) is 0 Å². The fourth-order valence-electron chi connectivity index (χ4n) is 2.41. The Morgan fingerprint density at radius 2 is 2.08 bits per heavy atom. The number of carbonyl (C=O) groups is 2. The van der Waals surface area contributed by atoms with Crippen LogP contribution in [0.25, 0.3) is 11.1 Å². The molecule has 1 N–H and O–H groups in total. The van der Waals surface area contributed by atoms with Gasteiger partial charge in [0.2, 0.25) is 0 Å². The summed E-state index contributed by atoms with van der Waals surface area (Å²) in [6.07, 6.45) is 1.28. The molecule has 0 aliphatic carbocycles. The summed E-state index contributed by atoms with van der Waals surface area (Å²) in [4.78, 5) is 28.1. The number of carbonyl (C=O) groups excluding carboxylic acids is 2. The number of nitrogens with zero attached hydrogens (tertiary/aromatic N) is 1. The van der Waals surface area contributed by atoms with E-state index in [2.05, 4.69) is 15.0 Å². The van der Waals surface area contributed by atoms with E-state index < -0.39 is 5.97 Å². The van der Waals surface area contributed by atoms with Crippen LogP contribution in [0.3, 0.4) is 0 Å². The molecule has 0 saturated heterocycles. The number of aromatic nitrogens is 1. The Morgan fingerprint density at radius 3 is 2.84 bits per heavy atom. The Morgan fingerprint density at radius 1 is 1.28 bits per heavy atom. The summed E-state index contributed by atoms with van der Waals surface area (Å²) in [6.45, 7) is 2.25. The number of hydrogen-bond donors (Lipinski definition) is 1. The van der Waals surface area contributed by atoms with Gasteiger partial charge in [0.1, 0.15) is 17.7 Å². The van der Waals surface area contributed by atoms with E-state index in [0.29, 0.717) is 23.6 Å². The van der Waals surface area contributed by atoms with Gasteiger partial charge in [-0.1, -0.05) is 19.1 Å². The molecule has 1 atom stereocenters. The first-order valence-electron chi connectivity index (χ1n) is 7.85. The number of hydrogen-bond acceptors (Lipinski definition) is 6. The SMILES string of the molecule is COC(=O)Cc1occc1C(=O)NCC(C)c1nc2ccccc2o1. The molecule has 3 aromatic rings. The van der Waals surface area contributed by atoms with Gasteiger partial charge >= 0.3 is 5.97 Å². The lowest BCUT2D eigenvalue weighted by Crippen LogP contribution is -2.28. The van der Waals surface area contributed by atoms with E-state index in [0.717, 1.165) is 5.52 Å². The highest BCUT2D eigenvalue weighted by Gasteiger charge is 2.19. The fourth-order valence-corrected chi connectivity index (χ4v) is 2.41. The normalized spacial score (nSPS) is 12.1. The quantitative estimate of drug-likeness (QED) is 0.692. The third kappa shape index (κ3) is 3.71. The Bertz CT molecular complexity index is 863. The maximum absolute atomic E-state index is 12.3. The Balaban J connectivity index is 1.64. The molecule has 0 spiro atoms. The molecule has 25 heavy (non-hydrogen) atoms. The van der Waals surface area contributed by atoms with Gasteiger partial charge in [-0.25, -0.2) is 4.98 Å². The first kappa shape index (κ1) is 16.8. The first-order valence-corrected chi connectivity index (χ1v) is 7.85. The Hall–Kier alpha value is -3.09. The zero-order chi connectivity index (χ0) is 17.8. The van der Waals surface area contributed by atoms with Crippen LogP contribution in [0.2, 0.25) is 0 Å². The molecule has 1 aromatic carbocycles. The molecule has 0 aliphatic heterocycles. The van der Waals surface area contributed by atoms with Crippen LogP contribution < -0.4 is 5.32 Å². The molecule has 0 radical (unpaired) electrons. The number of para-hydroxylation sites is 2. The Kier molecular flexibility index (Phi) is 4.83. The lowest BCUT2D eigenvalue weighted by molar-refractivity contribution is -0.140. The summed E-state index contributed by atoms with van der Waals surface area (Å²) in [5, 5.41) is 2.81. The number of furan rings is 1. The number of fused-ring (bicyclic) bond motifs is 1. The van der Waals surface area contributed by atoms with E-state index in [-0.39, 0.29) is 24.0 Å². The van der Waals surface area contributed by atoms with Gasteiger partial charge in [-0.05, 0) is 18.2 Å². The van der Waals surface area contributed by atoms with Crippen molar-refractivity contribution in [1.29, 1.82) is 0 Å². The van der Waals surface area contributed by atoms with E-state index in [4.69, 9.17) is 8.83 Å². The van der Waals surface area contributed by atoms with Gasteiger partial charge in [0.05, 0.1) is 24.9 Å². The van der Waals surface area contributed by atoms with Crippen molar-refractivity contribution >= 4 is 23.0 Å². The van der Waals surface area contributed by atoms with Gasteiger partial charge in [-0.3, -0.25) is 9.59 Å². The van der Waals surface area contributed by atoms with E-state index in [9.17, 15) is 9.59 Å². The number of methoxy groups -OCH3 is 1. The third-order valence-corrected chi connectivity index (χ3v) is 3.82. The number of benzene rings is 1. The zero-order valence-electron chi connectivity index (χ0n) is 13.9. The largest absolute Gasteiger partial charge is 0.469 e. The van der Waals surface area contributed by atoms with Crippen LogP contribution in [0.1, 0.15) is 34.9 Å². The topological polar surface area (TPSA) is 94.6 Å². The van der Waals surface area contributed by atoms with Crippen molar-refractivity contribution < 1.29 is 23.2 Å². The molecule has 0 aliphatic rings. The summed E-state index contributed by atoms with van der Waals surface area (Å²) in [5.41, 5.74) is 1.81. The van der Waals surface area contributed by atoms with Crippen LogP contribution in [-0.4, -0.2) is 30.5 Å². The molecule has 0 fully saturated rings. The molecule has 1 unspecified atom stereocenters. The number of ether oxygens (including phenoxy) is 1. The summed E-state index contributed by atoms with van der Waals surface area (Å²) in [6, 6.07) is 9.02. The van der Waals surface area contributed by atoms with Gasteiger partial charge in [0.25, 0.3) is 5.91 Å². The molecule has 7 nitrogen and oxygen atoms in total. The van der Waals surface area contributed by atoms with Crippen molar-refractivity contribution in [2.45, 2.75) is 19.3 Å². The van der Waals surface area contributed by atoms with Gasteiger partial charge in [0, 0.05) is 6.54 Å². The van der Waals surface area contributed by atoms with Gasteiger partial charge in [-0.2, -0.15) is 0 Å². The van der Waals surface area contributed by atoms with E-state index in [1.54, 1.807) is 0 Å². The van der Waals surface area contributed by atoms with Crippen molar-refractivity contribution in [3.63, 3.8) is 0 Å². The summed E-state index contributed by atoms with van der Waals surface area (Å²) in [5.74, 6) is -0.0610. The molecule has 2 aromatic heterocycles. The number of esters is 1. The molecule has 2 heterocycles. The van der Waals surface area contributed by atoms with E-state index in [1.165, 1.54) is 19.4 Å². The van der Waals surface area contributed by atoms with Crippen molar-refractivity contribution in [3.05, 3.63) is 53.8 Å². The van der Waals surface area contributed by atoms with Crippen LogP contribution in [-0.2, 0) is 16.0 Å². The van der Waals surface area contributed by atoms with Gasteiger partial charge in [0.15, 0.2) is 11.5 Å². The van der Waals surface area contributed by atoms with Crippen LogP contribution in [0.15, 0.2) is 45.4 Å². The maximum atomic E-state index is 12.3. The van der Waals surface area contributed by atoms with E-state index in [1.807, 2.05) is 31.2 Å². The van der Waals surface area contributed by atoms with Crippen molar-refractivity contribution in [2.75, 3.05) is 13.7 Å². The summed E-state index contributed by atoms with van der Waals surface area (Å²) < 4.78 is 15.5. The second kappa shape index (κ2) is 7.21. The summed E-state index contributed by atoms with van der Waals surface area (Å²) in [7, 11) is 1.28. The number of rotatable bonds is 6. The predicted octanol–water partition coefficient (Wildman–Crippen LogP) is 2.67. The minimum atomic E-state index is -0.469. The highest BCUT2D eigenvalue weighted by Crippen LogP contribution is 2.21. The van der Waals surface area contributed by atoms with E-state index >= 15 is 0 Å². The monoisotopic (exact) mass is 342 g/mol. The molecule has 0 bridgehead atoms. The average Bonchev–Trinajstić information content (AvgIpc) is 3.25. The second-order valence-corrected chi connectivity index (χ2v) is 5.64. The minimum absolute atomic E-state index is 0.0903. The zero-order valence-corrected chi connectivity index (χ0v) is 13.9. The molecule has 3 rings (SSSR count).